The molecule has 0 unspecified atom stereocenters. The van der Waals surface area contributed by atoms with E-state index in [1.54, 1.807) is 25.1 Å². The van der Waals surface area contributed by atoms with Crippen molar-refractivity contribution >= 4 is 39.1 Å². The zero-order chi connectivity index (χ0) is 28.0. The first-order chi connectivity index (χ1) is 18.0. The highest BCUT2D eigenvalue weighted by Gasteiger charge is 2.33. The Bertz CT molecular complexity index is 1400. The van der Waals surface area contributed by atoms with Crippen molar-refractivity contribution in [3.8, 4) is 0 Å². The summed E-state index contributed by atoms with van der Waals surface area (Å²) in [7, 11) is -2.72. The highest BCUT2D eigenvalue weighted by atomic mass is 35.5. The van der Waals surface area contributed by atoms with E-state index in [1.807, 2.05) is 13.8 Å². The molecule has 2 amide bonds. The first-order valence-electron chi connectivity index (χ1n) is 12.1. The number of rotatable bonds is 10. The molecule has 0 aliphatic carbocycles. The lowest BCUT2D eigenvalue weighted by Gasteiger charge is -2.33. The zero-order valence-electron chi connectivity index (χ0n) is 21.7. The number of benzene rings is 3. The van der Waals surface area contributed by atoms with E-state index in [2.05, 4.69) is 5.32 Å². The van der Waals surface area contributed by atoms with Gasteiger partial charge in [-0.05, 0) is 85.5 Å². The van der Waals surface area contributed by atoms with Gasteiger partial charge in [-0.1, -0.05) is 36.7 Å². The SMILES string of the molecule is CC[C@H](C(=O)NC)N(Cc1ccc(F)cc1)C(=O)CN(c1ccc(C)c(C)c1)S(=O)(=O)c1ccc(Cl)cc1. The van der Waals surface area contributed by atoms with Gasteiger partial charge >= 0.3 is 0 Å². The molecule has 7 nitrogen and oxygen atoms in total. The number of halogens is 2. The number of nitrogens with zero attached hydrogens (tertiary/aromatic N) is 2. The monoisotopic (exact) mass is 559 g/mol. The summed E-state index contributed by atoms with van der Waals surface area (Å²) >= 11 is 5.97. The lowest BCUT2D eigenvalue weighted by atomic mass is 10.1. The molecule has 0 fully saturated rings. The summed E-state index contributed by atoms with van der Waals surface area (Å²) in [6.07, 6.45) is 0.292. The number of hydrogen-bond acceptors (Lipinski definition) is 4. The second kappa shape index (κ2) is 12.4. The van der Waals surface area contributed by atoms with Gasteiger partial charge < -0.3 is 10.2 Å². The molecule has 0 aliphatic rings. The lowest BCUT2D eigenvalue weighted by molar-refractivity contribution is -0.140. The quantitative estimate of drug-likeness (QED) is 0.385. The number of carbonyl (C=O) groups excluding carboxylic acids is 2. The molecule has 1 atom stereocenters. The molecule has 1 N–H and O–H groups in total. The molecule has 0 spiro atoms. The largest absolute Gasteiger partial charge is 0.357 e. The van der Waals surface area contributed by atoms with Crippen LogP contribution in [0.3, 0.4) is 0 Å². The Morgan fingerprint density at radius 1 is 0.974 bits per heavy atom. The Kier molecular flexibility index (Phi) is 9.51. The topological polar surface area (TPSA) is 86.8 Å². The van der Waals surface area contributed by atoms with Crippen LogP contribution in [0.15, 0.2) is 71.6 Å². The molecule has 0 aromatic heterocycles. The van der Waals surface area contributed by atoms with Crippen LogP contribution in [0.25, 0.3) is 0 Å². The second-order valence-electron chi connectivity index (χ2n) is 8.92. The molecule has 3 aromatic carbocycles. The number of sulfonamides is 1. The highest BCUT2D eigenvalue weighted by molar-refractivity contribution is 7.92. The molecule has 0 saturated heterocycles. The van der Waals surface area contributed by atoms with Crippen LogP contribution in [-0.4, -0.2) is 44.8 Å². The molecule has 38 heavy (non-hydrogen) atoms. The predicted octanol–water partition coefficient (Wildman–Crippen LogP) is 4.84. The minimum Gasteiger partial charge on any atom is -0.357 e. The van der Waals surface area contributed by atoms with Gasteiger partial charge in [0.1, 0.15) is 18.4 Å². The first-order valence-corrected chi connectivity index (χ1v) is 13.9. The van der Waals surface area contributed by atoms with Crippen LogP contribution in [0, 0.1) is 19.7 Å². The van der Waals surface area contributed by atoms with Gasteiger partial charge in [0.15, 0.2) is 0 Å². The van der Waals surface area contributed by atoms with E-state index in [9.17, 15) is 22.4 Å². The number of carbonyl (C=O) groups is 2. The summed E-state index contributed by atoms with van der Waals surface area (Å²) in [6, 6.07) is 15.6. The summed E-state index contributed by atoms with van der Waals surface area (Å²) in [5.74, 6) is -1.40. The Hall–Kier alpha value is -3.43. The Balaban J connectivity index is 2.08. The molecule has 202 valence electrons. The summed E-state index contributed by atoms with van der Waals surface area (Å²) in [4.78, 5) is 27.9. The van der Waals surface area contributed by atoms with E-state index in [0.29, 0.717) is 22.7 Å². The van der Waals surface area contributed by atoms with Crippen LogP contribution in [0.1, 0.15) is 30.0 Å². The summed E-state index contributed by atoms with van der Waals surface area (Å²) in [5, 5.41) is 2.94. The van der Waals surface area contributed by atoms with Crippen molar-refractivity contribution in [2.45, 2.75) is 44.7 Å². The molecule has 0 heterocycles. The molecular formula is C28H31ClFN3O4S. The smallest absolute Gasteiger partial charge is 0.264 e. The van der Waals surface area contributed by atoms with Crippen molar-refractivity contribution in [3.63, 3.8) is 0 Å². The van der Waals surface area contributed by atoms with Gasteiger partial charge in [-0.15, -0.1) is 0 Å². The number of nitrogens with one attached hydrogen (secondary N) is 1. The molecular weight excluding hydrogens is 529 g/mol. The number of amides is 2. The van der Waals surface area contributed by atoms with E-state index in [4.69, 9.17) is 11.6 Å². The van der Waals surface area contributed by atoms with E-state index >= 15 is 0 Å². The van der Waals surface area contributed by atoms with Crippen LogP contribution in [-0.2, 0) is 26.2 Å². The average molecular weight is 560 g/mol. The standard InChI is InChI=1S/C28H31ClFN3O4S/c1-5-26(28(35)31-4)32(17-21-7-11-23(30)12-8-21)27(34)18-33(24-13-6-19(2)20(3)16-24)38(36,37)25-14-9-22(29)10-15-25/h6-16,26H,5,17-18H2,1-4H3,(H,31,35)/t26-/m1/s1. The molecule has 10 heteroatoms. The molecule has 0 radical (unpaired) electrons. The maximum atomic E-state index is 13.8. The van der Waals surface area contributed by atoms with E-state index < -0.39 is 34.3 Å². The van der Waals surface area contributed by atoms with Gasteiger partial charge in [0.2, 0.25) is 11.8 Å². The van der Waals surface area contributed by atoms with Crippen molar-refractivity contribution in [3.05, 3.63) is 94.3 Å². The number of anilines is 1. The van der Waals surface area contributed by atoms with Gasteiger partial charge in [-0.3, -0.25) is 13.9 Å². The molecule has 0 saturated carbocycles. The fraction of sp³-hybridized carbons (Fsp3) is 0.286. The zero-order valence-corrected chi connectivity index (χ0v) is 23.3. The van der Waals surface area contributed by atoms with Gasteiger partial charge in [-0.2, -0.15) is 0 Å². The van der Waals surface area contributed by atoms with Crippen molar-refractivity contribution in [1.82, 2.24) is 10.2 Å². The number of aryl methyl sites for hydroxylation is 2. The Morgan fingerprint density at radius 2 is 1.61 bits per heavy atom. The van der Waals surface area contributed by atoms with Gasteiger partial charge in [0.25, 0.3) is 10.0 Å². The predicted molar refractivity (Wildman–Crippen MR) is 147 cm³/mol. The van der Waals surface area contributed by atoms with Gasteiger partial charge in [0, 0.05) is 18.6 Å². The van der Waals surface area contributed by atoms with E-state index in [-0.39, 0.29) is 17.3 Å². The van der Waals surface area contributed by atoms with E-state index in [1.165, 1.54) is 60.5 Å². The van der Waals surface area contributed by atoms with Crippen LogP contribution in [0.2, 0.25) is 5.02 Å². The van der Waals surface area contributed by atoms with E-state index in [0.717, 1.165) is 15.4 Å². The third kappa shape index (κ3) is 6.71. The maximum absolute atomic E-state index is 13.8. The average Bonchev–Trinajstić information content (AvgIpc) is 2.89. The summed E-state index contributed by atoms with van der Waals surface area (Å²) < 4.78 is 42.2. The van der Waals surface area contributed by atoms with Crippen molar-refractivity contribution in [2.75, 3.05) is 17.9 Å². The minimum absolute atomic E-state index is 0.00714. The Morgan fingerprint density at radius 3 is 2.16 bits per heavy atom. The van der Waals surface area contributed by atoms with Crippen LogP contribution >= 0.6 is 11.6 Å². The fourth-order valence-corrected chi connectivity index (χ4v) is 5.55. The third-order valence-corrected chi connectivity index (χ3v) is 8.40. The third-order valence-electron chi connectivity index (χ3n) is 6.36. The normalized spacial score (nSPS) is 12.1. The summed E-state index contributed by atoms with van der Waals surface area (Å²) in [6.45, 7) is 4.96. The molecule has 3 aromatic rings. The summed E-state index contributed by atoms with van der Waals surface area (Å²) in [5.41, 5.74) is 2.73. The van der Waals surface area contributed by atoms with Crippen molar-refractivity contribution in [2.24, 2.45) is 0 Å². The molecule has 0 bridgehead atoms. The maximum Gasteiger partial charge on any atom is 0.264 e. The molecule has 0 aliphatic heterocycles. The number of hydrogen-bond donors (Lipinski definition) is 1. The van der Waals surface area contributed by atoms with Crippen LogP contribution < -0.4 is 9.62 Å². The van der Waals surface area contributed by atoms with Gasteiger partial charge in [-0.25, -0.2) is 12.8 Å². The van der Waals surface area contributed by atoms with Crippen LogP contribution in [0.4, 0.5) is 10.1 Å². The fourth-order valence-electron chi connectivity index (χ4n) is 4.02. The Labute approximate surface area is 228 Å². The van der Waals surface area contributed by atoms with Crippen molar-refractivity contribution in [1.29, 1.82) is 0 Å². The first kappa shape index (κ1) is 29.1. The number of likely N-dealkylation sites (N-methyl/N-ethyl adjacent to an activating group) is 1. The lowest BCUT2D eigenvalue weighted by Crippen LogP contribution is -2.51. The van der Waals surface area contributed by atoms with Crippen molar-refractivity contribution < 1.29 is 22.4 Å². The second-order valence-corrected chi connectivity index (χ2v) is 11.2. The minimum atomic E-state index is -4.19. The highest BCUT2D eigenvalue weighted by Crippen LogP contribution is 2.27. The van der Waals surface area contributed by atoms with Crippen LogP contribution in [0.5, 0.6) is 0 Å². The molecule has 3 rings (SSSR count). The van der Waals surface area contributed by atoms with Gasteiger partial charge in [0.05, 0.1) is 10.6 Å².